The van der Waals surface area contributed by atoms with Gasteiger partial charge in [0, 0.05) is 11.6 Å². The second-order valence-electron chi connectivity index (χ2n) is 6.45. The SMILES string of the molecule is CCCNC(CCCC(C)(C)C)c1coc(C)c1. The van der Waals surface area contributed by atoms with Crippen molar-refractivity contribution < 1.29 is 4.42 Å². The van der Waals surface area contributed by atoms with Crippen molar-refractivity contribution in [2.45, 2.75) is 66.3 Å². The van der Waals surface area contributed by atoms with E-state index >= 15 is 0 Å². The molecule has 1 aromatic heterocycles. The normalized spacial score (nSPS) is 13.8. The maximum absolute atomic E-state index is 5.43. The molecule has 2 nitrogen and oxygen atoms in total. The molecule has 0 fully saturated rings. The molecule has 0 aliphatic heterocycles. The minimum atomic E-state index is 0.432. The molecule has 104 valence electrons. The summed E-state index contributed by atoms with van der Waals surface area (Å²) < 4.78 is 5.43. The third-order valence-electron chi connectivity index (χ3n) is 3.21. The lowest BCUT2D eigenvalue weighted by atomic mass is 9.88. The molecule has 18 heavy (non-hydrogen) atoms. The van der Waals surface area contributed by atoms with Gasteiger partial charge in [-0.05, 0) is 44.2 Å². The summed E-state index contributed by atoms with van der Waals surface area (Å²) in [5.74, 6) is 1.00. The third kappa shape index (κ3) is 5.72. The molecule has 0 bridgehead atoms. The highest BCUT2D eigenvalue weighted by atomic mass is 16.3. The maximum Gasteiger partial charge on any atom is 0.101 e. The second kappa shape index (κ2) is 6.98. The van der Waals surface area contributed by atoms with Crippen molar-refractivity contribution in [1.82, 2.24) is 5.32 Å². The molecule has 0 aliphatic rings. The minimum absolute atomic E-state index is 0.432. The highest BCUT2D eigenvalue weighted by Crippen LogP contribution is 2.27. The predicted octanol–water partition coefficient (Wildman–Crippen LogP) is 4.85. The fourth-order valence-corrected chi connectivity index (χ4v) is 2.19. The average molecular weight is 251 g/mol. The van der Waals surface area contributed by atoms with Crippen LogP contribution >= 0.6 is 0 Å². The minimum Gasteiger partial charge on any atom is -0.469 e. The summed E-state index contributed by atoms with van der Waals surface area (Å²) in [4.78, 5) is 0. The number of aryl methyl sites for hydroxylation is 1. The molecule has 0 aliphatic carbocycles. The Morgan fingerprint density at radius 3 is 2.56 bits per heavy atom. The molecule has 2 heteroatoms. The molecular formula is C16H29NO. The van der Waals surface area contributed by atoms with Crippen LogP contribution in [-0.2, 0) is 0 Å². The van der Waals surface area contributed by atoms with E-state index in [0.717, 1.165) is 12.3 Å². The Labute approximate surface area is 112 Å². The summed E-state index contributed by atoms with van der Waals surface area (Å²) in [5.41, 5.74) is 1.73. The Morgan fingerprint density at radius 1 is 1.33 bits per heavy atom. The van der Waals surface area contributed by atoms with Crippen LogP contribution in [0.1, 0.15) is 70.7 Å². The topological polar surface area (TPSA) is 25.2 Å². The maximum atomic E-state index is 5.43. The molecule has 0 saturated heterocycles. The van der Waals surface area contributed by atoms with Gasteiger partial charge in [0.05, 0.1) is 6.26 Å². The van der Waals surface area contributed by atoms with Crippen LogP contribution in [0.25, 0.3) is 0 Å². The molecular weight excluding hydrogens is 222 g/mol. The summed E-state index contributed by atoms with van der Waals surface area (Å²) in [6, 6.07) is 2.61. The number of rotatable bonds is 7. The molecule has 1 N–H and O–H groups in total. The monoisotopic (exact) mass is 251 g/mol. The Morgan fingerprint density at radius 2 is 2.06 bits per heavy atom. The molecule has 1 rings (SSSR count). The number of hydrogen-bond donors (Lipinski definition) is 1. The van der Waals surface area contributed by atoms with Crippen LogP contribution in [-0.4, -0.2) is 6.54 Å². The van der Waals surface area contributed by atoms with Crippen LogP contribution in [0.4, 0.5) is 0 Å². The summed E-state index contributed by atoms with van der Waals surface area (Å²) in [6.45, 7) is 12.2. The fraction of sp³-hybridized carbons (Fsp3) is 0.750. The Kier molecular flexibility index (Phi) is 5.94. The van der Waals surface area contributed by atoms with Crippen molar-refractivity contribution in [3.05, 3.63) is 23.7 Å². The zero-order valence-corrected chi connectivity index (χ0v) is 12.7. The van der Waals surface area contributed by atoms with Gasteiger partial charge < -0.3 is 9.73 Å². The van der Waals surface area contributed by atoms with E-state index in [-0.39, 0.29) is 0 Å². The zero-order chi connectivity index (χ0) is 13.6. The van der Waals surface area contributed by atoms with E-state index in [0.29, 0.717) is 11.5 Å². The van der Waals surface area contributed by atoms with Gasteiger partial charge in [0.15, 0.2) is 0 Å². The van der Waals surface area contributed by atoms with Crippen LogP contribution < -0.4 is 5.32 Å². The first-order valence-corrected chi connectivity index (χ1v) is 7.21. The standard InChI is InChI=1S/C16H29NO/c1-6-10-17-15(8-7-9-16(3,4)5)14-11-13(2)18-12-14/h11-12,15,17H,6-10H2,1-5H3. The van der Waals surface area contributed by atoms with Crippen molar-refractivity contribution in [2.24, 2.45) is 5.41 Å². The zero-order valence-electron chi connectivity index (χ0n) is 12.7. The van der Waals surface area contributed by atoms with E-state index in [4.69, 9.17) is 4.42 Å². The lowest BCUT2D eigenvalue weighted by Gasteiger charge is -2.21. The molecule has 0 spiro atoms. The van der Waals surface area contributed by atoms with Crippen LogP contribution in [0, 0.1) is 12.3 Å². The van der Waals surface area contributed by atoms with E-state index in [1.165, 1.54) is 31.2 Å². The molecule has 1 atom stereocenters. The molecule has 1 aromatic rings. The van der Waals surface area contributed by atoms with Crippen LogP contribution in [0.15, 0.2) is 16.7 Å². The Bertz CT molecular complexity index is 335. The number of nitrogens with one attached hydrogen (secondary N) is 1. The molecule has 0 amide bonds. The van der Waals surface area contributed by atoms with Crippen molar-refractivity contribution in [2.75, 3.05) is 6.54 Å². The smallest absolute Gasteiger partial charge is 0.101 e. The van der Waals surface area contributed by atoms with E-state index in [1.54, 1.807) is 0 Å². The molecule has 1 heterocycles. The first-order chi connectivity index (χ1) is 8.42. The fourth-order valence-electron chi connectivity index (χ4n) is 2.19. The van der Waals surface area contributed by atoms with Crippen LogP contribution in [0.5, 0.6) is 0 Å². The van der Waals surface area contributed by atoms with Crippen molar-refractivity contribution in [3.8, 4) is 0 Å². The van der Waals surface area contributed by atoms with E-state index < -0.39 is 0 Å². The molecule has 0 radical (unpaired) electrons. The number of furan rings is 1. The lowest BCUT2D eigenvalue weighted by Crippen LogP contribution is -2.22. The number of hydrogen-bond acceptors (Lipinski definition) is 2. The molecule has 1 unspecified atom stereocenters. The predicted molar refractivity (Wildman–Crippen MR) is 77.8 cm³/mol. The Balaban J connectivity index is 2.51. The van der Waals surface area contributed by atoms with Crippen LogP contribution in [0.2, 0.25) is 0 Å². The van der Waals surface area contributed by atoms with E-state index in [9.17, 15) is 0 Å². The summed E-state index contributed by atoms with van der Waals surface area (Å²) in [5, 5.41) is 3.63. The van der Waals surface area contributed by atoms with Gasteiger partial charge in [-0.3, -0.25) is 0 Å². The van der Waals surface area contributed by atoms with Crippen molar-refractivity contribution in [3.63, 3.8) is 0 Å². The first kappa shape index (κ1) is 15.3. The molecule has 0 aromatic carbocycles. The largest absolute Gasteiger partial charge is 0.469 e. The van der Waals surface area contributed by atoms with Gasteiger partial charge in [0.2, 0.25) is 0 Å². The summed E-state index contributed by atoms with van der Waals surface area (Å²) in [6.07, 6.45) is 6.80. The highest BCUT2D eigenvalue weighted by Gasteiger charge is 2.15. The van der Waals surface area contributed by atoms with Gasteiger partial charge in [-0.25, -0.2) is 0 Å². The lowest BCUT2D eigenvalue weighted by molar-refractivity contribution is 0.343. The van der Waals surface area contributed by atoms with Gasteiger partial charge in [-0.2, -0.15) is 0 Å². The Hall–Kier alpha value is -0.760. The quantitative estimate of drug-likeness (QED) is 0.749. The van der Waals surface area contributed by atoms with Crippen molar-refractivity contribution >= 4 is 0 Å². The van der Waals surface area contributed by atoms with Gasteiger partial charge in [0.1, 0.15) is 5.76 Å². The van der Waals surface area contributed by atoms with E-state index in [2.05, 4.69) is 39.1 Å². The first-order valence-electron chi connectivity index (χ1n) is 7.21. The van der Waals surface area contributed by atoms with Crippen LogP contribution in [0.3, 0.4) is 0 Å². The van der Waals surface area contributed by atoms with Gasteiger partial charge >= 0.3 is 0 Å². The average Bonchev–Trinajstić information content (AvgIpc) is 2.68. The highest BCUT2D eigenvalue weighted by molar-refractivity contribution is 5.16. The van der Waals surface area contributed by atoms with Crippen molar-refractivity contribution in [1.29, 1.82) is 0 Å². The molecule has 0 saturated carbocycles. The van der Waals surface area contributed by atoms with Gasteiger partial charge in [-0.15, -0.1) is 0 Å². The summed E-state index contributed by atoms with van der Waals surface area (Å²) in [7, 11) is 0. The van der Waals surface area contributed by atoms with Gasteiger partial charge in [-0.1, -0.05) is 34.1 Å². The second-order valence-corrected chi connectivity index (χ2v) is 6.45. The van der Waals surface area contributed by atoms with Gasteiger partial charge in [0.25, 0.3) is 0 Å². The van der Waals surface area contributed by atoms with E-state index in [1.807, 2.05) is 13.2 Å². The third-order valence-corrected chi connectivity index (χ3v) is 3.21. The summed E-state index contributed by atoms with van der Waals surface area (Å²) >= 11 is 0.